The molecule has 8 heteroatoms. The average molecular weight is 357 g/mol. The summed E-state index contributed by atoms with van der Waals surface area (Å²) in [6.45, 7) is -1.12. The highest BCUT2D eigenvalue weighted by molar-refractivity contribution is 5.94. The number of hydrogen-bond donors (Lipinski definition) is 2. The minimum Gasteiger partial charge on any atom is -0.494 e. The number of methoxy groups -OCH3 is 1. The van der Waals surface area contributed by atoms with Crippen LogP contribution in [0, 0.1) is 5.82 Å². The molecule has 2 N–H and O–H groups in total. The first kappa shape index (κ1) is 18.7. The number of carbonyl (C=O) groups is 1. The first-order chi connectivity index (χ1) is 11.7. The van der Waals surface area contributed by atoms with Crippen LogP contribution in [0.5, 0.6) is 5.75 Å². The molecule has 0 bridgehead atoms. The lowest BCUT2D eigenvalue weighted by Gasteiger charge is -2.31. The van der Waals surface area contributed by atoms with Gasteiger partial charge in [0.05, 0.1) is 13.7 Å². The van der Waals surface area contributed by atoms with Crippen LogP contribution in [0.3, 0.4) is 0 Å². The highest BCUT2D eigenvalue weighted by Crippen LogP contribution is 2.38. The zero-order valence-electron chi connectivity index (χ0n) is 13.1. The maximum atomic E-state index is 13.6. The lowest BCUT2D eigenvalue weighted by atomic mass is 9.93. The lowest BCUT2D eigenvalue weighted by Crippen LogP contribution is -2.51. The van der Waals surface area contributed by atoms with Crippen molar-refractivity contribution >= 4 is 5.91 Å². The molecule has 0 radical (unpaired) electrons. The van der Waals surface area contributed by atoms with E-state index in [1.54, 1.807) is 0 Å². The van der Waals surface area contributed by atoms with Gasteiger partial charge in [-0.15, -0.1) is 0 Å². The number of rotatable bonds is 5. The molecule has 0 spiro atoms. The second kappa shape index (κ2) is 7.10. The lowest BCUT2D eigenvalue weighted by molar-refractivity contribution is -0.263. The molecule has 25 heavy (non-hydrogen) atoms. The molecule has 0 saturated carbocycles. The predicted molar refractivity (Wildman–Crippen MR) is 81.7 cm³/mol. The Labute approximate surface area is 141 Å². The zero-order valence-corrected chi connectivity index (χ0v) is 13.1. The standard InChI is InChI=1S/C17H15F4NO3/c1-25-14-8-7-11(9-13(14)18)15(23)22-10-16(24,17(19,20)21)12-5-3-2-4-6-12/h2-9,24H,10H2,1H3,(H,22,23). The fourth-order valence-electron chi connectivity index (χ4n) is 2.20. The summed E-state index contributed by atoms with van der Waals surface area (Å²) in [5, 5.41) is 12.1. The van der Waals surface area contributed by atoms with Crippen LogP contribution < -0.4 is 10.1 Å². The van der Waals surface area contributed by atoms with Crippen molar-refractivity contribution < 1.29 is 32.2 Å². The Morgan fingerprint density at radius 1 is 1.16 bits per heavy atom. The van der Waals surface area contributed by atoms with Crippen molar-refractivity contribution in [2.45, 2.75) is 11.8 Å². The molecule has 134 valence electrons. The SMILES string of the molecule is COc1ccc(C(=O)NCC(O)(c2ccccc2)C(F)(F)F)cc1F. The summed E-state index contributed by atoms with van der Waals surface area (Å²) in [6, 6.07) is 9.60. The molecule has 4 nitrogen and oxygen atoms in total. The van der Waals surface area contributed by atoms with Gasteiger partial charge < -0.3 is 15.2 Å². The molecule has 0 fully saturated rings. The summed E-state index contributed by atoms with van der Waals surface area (Å²) in [6.07, 6.45) is -5.02. The molecule has 2 rings (SSSR count). The Morgan fingerprint density at radius 2 is 1.80 bits per heavy atom. The minimum absolute atomic E-state index is 0.104. The number of alkyl halides is 3. The number of amides is 1. The van der Waals surface area contributed by atoms with Crippen LogP contribution in [0.4, 0.5) is 17.6 Å². The van der Waals surface area contributed by atoms with E-state index >= 15 is 0 Å². The van der Waals surface area contributed by atoms with Gasteiger partial charge in [0.1, 0.15) is 0 Å². The third-order valence-electron chi connectivity index (χ3n) is 3.64. The molecule has 0 aliphatic rings. The molecule has 2 aromatic rings. The average Bonchev–Trinajstić information content (AvgIpc) is 2.59. The minimum atomic E-state index is -5.02. The predicted octanol–water partition coefficient (Wildman–Crippen LogP) is 3.01. The van der Waals surface area contributed by atoms with Crippen LogP contribution in [-0.4, -0.2) is 30.8 Å². The number of hydrogen-bond acceptors (Lipinski definition) is 3. The van der Waals surface area contributed by atoms with Gasteiger partial charge in [0.2, 0.25) is 5.60 Å². The topological polar surface area (TPSA) is 58.6 Å². The Hall–Kier alpha value is -2.61. The number of nitrogens with one attached hydrogen (secondary N) is 1. The summed E-state index contributed by atoms with van der Waals surface area (Å²) in [5.41, 5.74) is -3.88. The Bertz CT molecular complexity index is 749. The molecule has 0 heterocycles. The van der Waals surface area contributed by atoms with Crippen molar-refractivity contribution in [1.82, 2.24) is 5.32 Å². The van der Waals surface area contributed by atoms with E-state index in [1.807, 2.05) is 5.32 Å². The second-order valence-corrected chi connectivity index (χ2v) is 5.26. The monoisotopic (exact) mass is 357 g/mol. The van der Waals surface area contributed by atoms with Gasteiger partial charge in [-0.2, -0.15) is 13.2 Å². The normalized spacial score (nSPS) is 13.8. The van der Waals surface area contributed by atoms with Crippen molar-refractivity contribution in [1.29, 1.82) is 0 Å². The Morgan fingerprint density at radius 3 is 2.32 bits per heavy atom. The number of carbonyl (C=O) groups excluding carboxylic acids is 1. The van der Waals surface area contributed by atoms with E-state index in [0.717, 1.165) is 18.2 Å². The van der Waals surface area contributed by atoms with Crippen molar-refractivity contribution in [3.05, 3.63) is 65.5 Å². The molecular weight excluding hydrogens is 342 g/mol. The zero-order chi connectivity index (χ0) is 18.7. The second-order valence-electron chi connectivity index (χ2n) is 5.26. The van der Waals surface area contributed by atoms with Gasteiger partial charge >= 0.3 is 6.18 Å². The van der Waals surface area contributed by atoms with Gasteiger partial charge in [-0.3, -0.25) is 4.79 Å². The van der Waals surface area contributed by atoms with E-state index in [-0.39, 0.29) is 11.3 Å². The molecule has 1 unspecified atom stereocenters. The molecule has 0 saturated heterocycles. The van der Waals surface area contributed by atoms with Gasteiger partial charge in [0.15, 0.2) is 11.6 Å². The summed E-state index contributed by atoms with van der Waals surface area (Å²) >= 11 is 0. The fraction of sp³-hybridized carbons (Fsp3) is 0.235. The van der Waals surface area contributed by atoms with Crippen molar-refractivity contribution in [2.75, 3.05) is 13.7 Å². The van der Waals surface area contributed by atoms with E-state index in [2.05, 4.69) is 0 Å². The molecule has 0 aromatic heterocycles. The van der Waals surface area contributed by atoms with Crippen molar-refractivity contribution in [2.24, 2.45) is 0 Å². The van der Waals surface area contributed by atoms with Crippen LogP contribution in [-0.2, 0) is 5.60 Å². The summed E-state index contributed by atoms with van der Waals surface area (Å²) < 4.78 is 58.3. The highest BCUT2D eigenvalue weighted by Gasteiger charge is 2.55. The van der Waals surface area contributed by atoms with Gasteiger partial charge in [0.25, 0.3) is 5.91 Å². The van der Waals surface area contributed by atoms with E-state index in [9.17, 15) is 27.5 Å². The molecule has 1 atom stereocenters. The van der Waals surface area contributed by atoms with E-state index in [1.165, 1.54) is 37.4 Å². The van der Waals surface area contributed by atoms with Crippen molar-refractivity contribution in [3.8, 4) is 5.75 Å². The van der Waals surface area contributed by atoms with Gasteiger partial charge in [0, 0.05) is 5.56 Å². The molecule has 2 aromatic carbocycles. The first-order valence-electron chi connectivity index (χ1n) is 7.15. The van der Waals surface area contributed by atoms with E-state index in [0.29, 0.717) is 0 Å². The quantitative estimate of drug-likeness (QED) is 0.809. The maximum Gasteiger partial charge on any atom is 0.423 e. The van der Waals surface area contributed by atoms with E-state index in [4.69, 9.17) is 4.74 Å². The smallest absolute Gasteiger partial charge is 0.423 e. The number of aliphatic hydroxyl groups is 1. The van der Waals surface area contributed by atoms with Gasteiger partial charge in [-0.05, 0) is 23.8 Å². The molecule has 0 aliphatic carbocycles. The van der Waals surface area contributed by atoms with Crippen LogP contribution in [0.25, 0.3) is 0 Å². The van der Waals surface area contributed by atoms with Crippen LogP contribution in [0.1, 0.15) is 15.9 Å². The first-order valence-corrected chi connectivity index (χ1v) is 7.15. The maximum absolute atomic E-state index is 13.6. The summed E-state index contributed by atoms with van der Waals surface area (Å²) in [4.78, 5) is 12.0. The van der Waals surface area contributed by atoms with E-state index < -0.39 is 35.6 Å². The molecular formula is C17H15F4NO3. The number of halogens is 4. The molecule has 0 aliphatic heterocycles. The van der Waals surface area contributed by atoms with Gasteiger partial charge in [-0.25, -0.2) is 4.39 Å². The third-order valence-corrected chi connectivity index (χ3v) is 3.64. The molecule has 1 amide bonds. The Kier molecular flexibility index (Phi) is 5.32. The third kappa shape index (κ3) is 3.90. The van der Waals surface area contributed by atoms with Crippen LogP contribution in [0.15, 0.2) is 48.5 Å². The highest BCUT2D eigenvalue weighted by atomic mass is 19.4. The summed E-state index contributed by atoms with van der Waals surface area (Å²) in [5.74, 6) is -1.89. The Balaban J connectivity index is 2.21. The van der Waals surface area contributed by atoms with Gasteiger partial charge in [-0.1, -0.05) is 30.3 Å². The van der Waals surface area contributed by atoms with Crippen LogP contribution in [0.2, 0.25) is 0 Å². The van der Waals surface area contributed by atoms with Crippen molar-refractivity contribution in [3.63, 3.8) is 0 Å². The summed E-state index contributed by atoms with van der Waals surface area (Å²) in [7, 11) is 1.24. The largest absolute Gasteiger partial charge is 0.494 e. The number of ether oxygens (including phenoxy) is 1. The number of benzene rings is 2. The fourth-order valence-corrected chi connectivity index (χ4v) is 2.20. The van der Waals surface area contributed by atoms with Crippen LogP contribution >= 0.6 is 0 Å².